The van der Waals surface area contributed by atoms with E-state index in [0.717, 1.165) is 28.1 Å². The SMILES string of the molecule is Cc1cccc(OCCCC(=O)OCC(=O)Nc2c(C)cccc2C)c1. The lowest BCUT2D eigenvalue weighted by Crippen LogP contribution is -2.22. The highest BCUT2D eigenvalue weighted by Crippen LogP contribution is 2.19. The number of aryl methyl sites for hydroxylation is 3. The Morgan fingerprint density at radius 1 is 1.00 bits per heavy atom. The van der Waals surface area contributed by atoms with E-state index in [-0.39, 0.29) is 18.9 Å². The Morgan fingerprint density at radius 3 is 2.38 bits per heavy atom. The molecule has 2 rings (SSSR count). The number of benzene rings is 2. The summed E-state index contributed by atoms with van der Waals surface area (Å²) in [6, 6.07) is 13.5. The van der Waals surface area contributed by atoms with E-state index in [1.807, 2.05) is 63.2 Å². The molecule has 0 atom stereocenters. The van der Waals surface area contributed by atoms with Crippen LogP contribution in [0.15, 0.2) is 42.5 Å². The zero-order valence-electron chi connectivity index (χ0n) is 15.5. The normalized spacial score (nSPS) is 10.3. The van der Waals surface area contributed by atoms with Crippen molar-refractivity contribution in [2.45, 2.75) is 33.6 Å². The molecule has 0 saturated heterocycles. The maximum Gasteiger partial charge on any atom is 0.306 e. The van der Waals surface area contributed by atoms with E-state index in [1.165, 1.54) is 0 Å². The summed E-state index contributed by atoms with van der Waals surface area (Å²) in [7, 11) is 0. The number of rotatable bonds is 8. The summed E-state index contributed by atoms with van der Waals surface area (Å²) in [6.45, 7) is 5.97. The van der Waals surface area contributed by atoms with Crippen molar-refractivity contribution in [3.8, 4) is 5.75 Å². The number of esters is 1. The number of hydrogen-bond donors (Lipinski definition) is 1. The second-order valence-electron chi connectivity index (χ2n) is 6.24. The van der Waals surface area contributed by atoms with Crippen molar-refractivity contribution in [2.24, 2.45) is 0 Å². The fourth-order valence-electron chi connectivity index (χ4n) is 2.52. The van der Waals surface area contributed by atoms with Crippen LogP contribution in [-0.4, -0.2) is 25.1 Å². The molecule has 0 spiro atoms. The predicted octanol–water partition coefficient (Wildman–Crippen LogP) is 3.95. The number of anilines is 1. The van der Waals surface area contributed by atoms with Crippen LogP contribution >= 0.6 is 0 Å². The number of carbonyl (C=O) groups is 2. The van der Waals surface area contributed by atoms with E-state index in [1.54, 1.807) is 0 Å². The number of para-hydroxylation sites is 1. The summed E-state index contributed by atoms with van der Waals surface area (Å²) >= 11 is 0. The fourth-order valence-corrected chi connectivity index (χ4v) is 2.52. The molecule has 5 nitrogen and oxygen atoms in total. The molecule has 0 bridgehead atoms. The Balaban J connectivity index is 1.66. The quantitative estimate of drug-likeness (QED) is 0.575. The minimum Gasteiger partial charge on any atom is -0.494 e. The van der Waals surface area contributed by atoms with E-state index >= 15 is 0 Å². The molecule has 0 radical (unpaired) electrons. The summed E-state index contributed by atoms with van der Waals surface area (Å²) in [5.41, 5.74) is 3.83. The number of amides is 1. The number of nitrogens with one attached hydrogen (secondary N) is 1. The van der Waals surface area contributed by atoms with Crippen molar-refractivity contribution in [2.75, 3.05) is 18.5 Å². The van der Waals surface area contributed by atoms with Crippen molar-refractivity contribution in [1.29, 1.82) is 0 Å². The first-order valence-electron chi connectivity index (χ1n) is 8.67. The number of carbonyl (C=O) groups excluding carboxylic acids is 2. The topological polar surface area (TPSA) is 64.6 Å². The van der Waals surface area contributed by atoms with Crippen LogP contribution in [0.2, 0.25) is 0 Å². The first kappa shape index (κ1) is 19.5. The summed E-state index contributed by atoms with van der Waals surface area (Å²) in [5.74, 6) is 0.0348. The third-order valence-electron chi connectivity index (χ3n) is 3.89. The second kappa shape index (κ2) is 9.61. The van der Waals surface area contributed by atoms with E-state index in [4.69, 9.17) is 9.47 Å². The van der Waals surface area contributed by atoms with Gasteiger partial charge in [0.25, 0.3) is 5.91 Å². The van der Waals surface area contributed by atoms with E-state index < -0.39 is 5.97 Å². The van der Waals surface area contributed by atoms with Crippen molar-refractivity contribution < 1.29 is 19.1 Å². The van der Waals surface area contributed by atoms with Crippen LogP contribution in [0.3, 0.4) is 0 Å². The number of hydrogen-bond acceptors (Lipinski definition) is 4. The van der Waals surface area contributed by atoms with E-state index in [9.17, 15) is 9.59 Å². The lowest BCUT2D eigenvalue weighted by atomic mass is 10.1. The van der Waals surface area contributed by atoms with Crippen molar-refractivity contribution >= 4 is 17.6 Å². The van der Waals surface area contributed by atoms with Gasteiger partial charge in [0.15, 0.2) is 6.61 Å². The molecule has 1 N–H and O–H groups in total. The van der Waals surface area contributed by atoms with Crippen LogP contribution < -0.4 is 10.1 Å². The van der Waals surface area contributed by atoms with E-state index in [0.29, 0.717) is 13.0 Å². The van der Waals surface area contributed by atoms with Gasteiger partial charge in [0.05, 0.1) is 6.61 Å². The highest BCUT2D eigenvalue weighted by Gasteiger charge is 2.10. The van der Waals surface area contributed by atoms with Gasteiger partial charge in [-0.15, -0.1) is 0 Å². The molecule has 0 fully saturated rings. The summed E-state index contributed by atoms with van der Waals surface area (Å²) in [6.07, 6.45) is 0.744. The first-order valence-corrected chi connectivity index (χ1v) is 8.67. The Kier molecular flexibility index (Phi) is 7.21. The van der Waals surface area contributed by atoms with Crippen LogP contribution in [0.5, 0.6) is 5.75 Å². The zero-order valence-corrected chi connectivity index (χ0v) is 15.5. The van der Waals surface area contributed by atoms with Gasteiger partial charge < -0.3 is 14.8 Å². The highest BCUT2D eigenvalue weighted by atomic mass is 16.5. The molecule has 0 aromatic heterocycles. The maximum atomic E-state index is 12.0. The van der Waals surface area contributed by atoms with Gasteiger partial charge in [-0.3, -0.25) is 9.59 Å². The molecule has 0 aliphatic heterocycles. The molecule has 26 heavy (non-hydrogen) atoms. The molecule has 0 aliphatic rings. The van der Waals surface area contributed by atoms with Gasteiger partial charge in [0.1, 0.15) is 5.75 Å². The number of ether oxygens (including phenoxy) is 2. The molecule has 5 heteroatoms. The maximum absolute atomic E-state index is 12.0. The predicted molar refractivity (Wildman–Crippen MR) is 101 cm³/mol. The van der Waals surface area contributed by atoms with Crippen LogP contribution in [0, 0.1) is 20.8 Å². The van der Waals surface area contributed by atoms with Gasteiger partial charge in [-0.25, -0.2) is 0 Å². The molecule has 2 aromatic rings. The lowest BCUT2D eigenvalue weighted by Gasteiger charge is -2.11. The third kappa shape index (κ3) is 6.24. The van der Waals surface area contributed by atoms with Gasteiger partial charge in [-0.05, 0) is 56.0 Å². The van der Waals surface area contributed by atoms with Gasteiger partial charge in [-0.1, -0.05) is 30.3 Å². The van der Waals surface area contributed by atoms with Gasteiger partial charge in [0.2, 0.25) is 0 Å². The Bertz CT molecular complexity index is 750. The minimum atomic E-state index is -0.408. The summed E-state index contributed by atoms with van der Waals surface area (Å²) in [4.78, 5) is 23.7. The van der Waals surface area contributed by atoms with Gasteiger partial charge in [0, 0.05) is 12.1 Å². The Labute approximate surface area is 154 Å². The van der Waals surface area contributed by atoms with Crippen molar-refractivity contribution in [1.82, 2.24) is 0 Å². The molecule has 0 aliphatic carbocycles. The Hall–Kier alpha value is -2.82. The lowest BCUT2D eigenvalue weighted by molar-refractivity contribution is -0.147. The summed E-state index contributed by atoms with van der Waals surface area (Å²) in [5, 5.41) is 2.79. The van der Waals surface area contributed by atoms with Crippen LogP contribution in [-0.2, 0) is 14.3 Å². The molecule has 1 amide bonds. The fraction of sp³-hybridized carbons (Fsp3) is 0.333. The molecular formula is C21H25NO4. The minimum absolute atomic E-state index is 0.211. The standard InChI is InChI=1S/C21H25NO4/c1-15-7-4-10-18(13-15)25-12-6-11-20(24)26-14-19(23)22-21-16(2)8-5-9-17(21)3/h4-5,7-10,13H,6,11-12,14H2,1-3H3,(H,22,23). The second-order valence-corrected chi connectivity index (χ2v) is 6.24. The van der Waals surface area contributed by atoms with Crippen LogP contribution in [0.1, 0.15) is 29.5 Å². The van der Waals surface area contributed by atoms with Crippen LogP contribution in [0.25, 0.3) is 0 Å². The third-order valence-corrected chi connectivity index (χ3v) is 3.89. The monoisotopic (exact) mass is 355 g/mol. The van der Waals surface area contributed by atoms with Crippen molar-refractivity contribution in [3.05, 3.63) is 59.2 Å². The smallest absolute Gasteiger partial charge is 0.306 e. The average molecular weight is 355 g/mol. The Morgan fingerprint density at radius 2 is 1.69 bits per heavy atom. The highest BCUT2D eigenvalue weighted by molar-refractivity contribution is 5.94. The summed E-state index contributed by atoms with van der Waals surface area (Å²) < 4.78 is 10.6. The average Bonchev–Trinajstić information content (AvgIpc) is 2.60. The van der Waals surface area contributed by atoms with Crippen molar-refractivity contribution in [3.63, 3.8) is 0 Å². The molecular weight excluding hydrogens is 330 g/mol. The molecule has 0 heterocycles. The molecule has 0 unspecified atom stereocenters. The van der Waals surface area contributed by atoms with Gasteiger partial charge >= 0.3 is 5.97 Å². The zero-order chi connectivity index (χ0) is 18.9. The van der Waals surface area contributed by atoms with Crippen LogP contribution in [0.4, 0.5) is 5.69 Å². The molecule has 2 aromatic carbocycles. The van der Waals surface area contributed by atoms with E-state index in [2.05, 4.69) is 5.32 Å². The molecule has 138 valence electrons. The first-order chi connectivity index (χ1) is 12.5. The largest absolute Gasteiger partial charge is 0.494 e. The van der Waals surface area contributed by atoms with Gasteiger partial charge in [-0.2, -0.15) is 0 Å². The molecule has 0 saturated carbocycles.